The first-order chi connectivity index (χ1) is 35.0. The van der Waals surface area contributed by atoms with Crippen molar-refractivity contribution in [3.63, 3.8) is 0 Å². The minimum absolute atomic E-state index is 0.0330. The maximum absolute atomic E-state index is 6.10. The molecule has 0 unspecified atom stereocenters. The molecule has 15 rings (SSSR count). The molecule has 4 aliphatic heterocycles. The van der Waals surface area contributed by atoms with Crippen molar-refractivity contribution in [2.75, 3.05) is 14.7 Å². The van der Waals surface area contributed by atoms with Crippen molar-refractivity contribution < 1.29 is 8.83 Å². The van der Waals surface area contributed by atoms with E-state index in [-0.39, 0.29) is 13.4 Å². The van der Waals surface area contributed by atoms with Crippen LogP contribution in [0.1, 0.15) is 11.5 Å². The molecular weight excluding hydrogens is 864 g/mol. The molecule has 0 fully saturated rings. The van der Waals surface area contributed by atoms with Gasteiger partial charge in [-0.25, -0.2) is 0 Å². The molecule has 0 spiro atoms. The highest BCUT2D eigenvalue weighted by Crippen LogP contribution is 2.49. The summed E-state index contributed by atoms with van der Waals surface area (Å²) in [5.74, 6) is 3.56. The fraction of sp³-hybridized carbons (Fsp3) is 0.0312. The Kier molecular flexibility index (Phi) is 8.61. The Bertz CT molecular complexity index is 3920. The number of para-hydroxylation sites is 4. The van der Waals surface area contributed by atoms with Gasteiger partial charge in [-0.3, -0.25) is 0 Å². The molecule has 0 aliphatic carbocycles. The third-order valence-electron chi connectivity index (χ3n) is 15.2. The van der Waals surface area contributed by atoms with Crippen LogP contribution < -0.4 is 47.5 Å². The number of rotatable bonds is 6. The van der Waals surface area contributed by atoms with Gasteiger partial charge in [0.25, 0.3) is 13.4 Å². The number of hydrogen-bond acceptors (Lipinski definition) is 5. The van der Waals surface area contributed by atoms with Crippen LogP contribution in [0.5, 0.6) is 0 Å². The highest BCUT2D eigenvalue weighted by molar-refractivity contribution is 7.04. The molecule has 7 heteroatoms. The molecule has 0 atom stereocenters. The number of anilines is 9. The normalized spacial score (nSPS) is 13.4. The molecule has 71 heavy (non-hydrogen) atoms. The van der Waals surface area contributed by atoms with Crippen LogP contribution >= 0.6 is 0 Å². The van der Waals surface area contributed by atoms with Crippen molar-refractivity contribution in [2.45, 2.75) is 13.8 Å². The summed E-state index contributed by atoms with van der Waals surface area (Å²) in [6.45, 7) is 3.90. The van der Waals surface area contributed by atoms with Gasteiger partial charge in [-0.1, -0.05) is 140 Å². The minimum Gasteiger partial charge on any atom is -0.461 e. The van der Waals surface area contributed by atoms with Crippen molar-refractivity contribution in [2.24, 2.45) is 0 Å². The molecule has 0 saturated carbocycles. The number of hydrogen-bond donors (Lipinski definition) is 0. The monoisotopic (exact) mass is 907 g/mol. The molecule has 4 aliphatic rings. The molecule has 0 N–H and O–H groups in total. The van der Waals surface area contributed by atoms with Gasteiger partial charge in [-0.2, -0.15) is 0 Å². The van der Waals surface area contributed by atoms with Crippen LogP contribution in [0, 0.1) is 13.8 Å². The standard InChI is InChI=1S/C64H43B2N3O2/c1-40-24-34-60(70-40)44-30-26-42(27-31-44)46-36-52-64-53(37-46)66-51-19-10-12-21-55(51)68(49-16-7-4-8-17-49)58-38-47(43-28-32-45(33-29-43)61-35-25-41(2)71-61)39-59(63(58)66)69(64)57-23-13-22-56-62(57)65(52)50-18-9-11-20-54(50)67(56)48-14-5-3-6-15-48/h3-39H,1-2H3. The van der Waals surface area contributed by atoms with Crippen molar-refractivity contribution in [3.8, 4) is 44.9 Å². The van der Waals surface area contributed by atoms with E-state index in [1.54, 1.807) is 0 Å². The Morgan fingerprint density at radius 1 is 0.296 bits per heavy atom. The second kappa shape index (κ2) is 15.3. The zero-order valence-corrected chi connectivity index (χ0v) is 39.2. The molecule has 2 aromatic heterocycles. The van der Waals surface area contributed by atoms with E-state index >= 15 is 0 Å². The highest BCUT2D eigenvalue weighted by atomic mass is 16.3. The molecule has 0 amide bonds. The van der Waals surface area contributed by atoms with Crippen molar-refractivity contribution >= 4 is 97.4 Å². The Hall–Kier alpha value is -8.93. The summed E-state index contributed by atoms with van der Waals surface area (Å²) in [6, 6.07) is 82.8. The van der Waals surface area contributed by atoms with Crippen molar-refractivity contribution in [1.29, 1.82) is 0 Å². The van der Waals surface area contributed by atoms with E-state index < -0.39 is 0 Å². The zero-order valence-electron chi connectivity index (χ0n) is 39.2. The molecule has 9 aromatic carbocycles. The van der Waals surface area contributed by atoms with Gasteiger partial charge < -0.3 is 23.5 Å². The first-order valence-electron chi connectivity index (χ1n) is 24.6. The number of benzene rings is 9. The lowest BCUT2D eigenvalue weighted by Crippen LogP contribution is -2.68. The topological polar surface area (TPSA) is 36.0 Å². The Labute approximate surface area is 413 Å². The molecule has 5 nitrogen and oxygen atoms in total. The third-order valence-corrected chi connectivity index (χ3v) is 15.2. The number of fused-ring (bicyclic) bond motifs is 8. The van der Waals surface area contributed by atoms with E-state index in [0.717, 1.165) is 56.7 Å². The fourth-order valence-electron chi connectivity index (χ4n) is 12.2. The van der Waals surface area contributed by atoms with E-state index in [0.29, 0.717) is 0 Å². The lowest BCUT2D eigenvalue weighted by molar-refractivity contribution is 0.548. The first kappa shape index (κ1) is 40.0. The molecule has 0 saturated heterocycles. The second-order valence-corrected chi connectivity index (χ2v) is 19.3. The maximum atomic E-state index is 6.10. The predicted octanol–water partition coefficient (Wildman–Crippen LogP) is 12.9. The lowest BCUT2D eigenvalue weighted by atomic mass is 9.29. The molecule has 6 heterocycles. The van der Waals surface area contributed by atoms with Crippen LogP contribution in [0.3, 0.4) is 0 Å². The molecule has 0 radical (unpaired) electrons. The lowest BCUT2D eigenvalue weighted by Gasteiger charge is -2.49. The Morgan fingerprint density at radius 2 is 0.690 bits per heavy atom. The summed E-state index contributed by atoms with van der Waals surface area (Å²) < 4.78 is 12.2. The van der Waals surface area contributed by atoms with Gasteiger partial charge in [0, 0.05) is 62.3 Å². The number of furan rings is 2. The largest absolute Gasteiger partial charge is 0.461 e. The van der Waals surface area contributed by atoms with E-state index in [9.17, 15) is 0 Å². The fourth-order valence-corrected chi connectivity index (χ4v) is 12.2. The van der Waals surface area contributed by atoms with E-state index in [1.165, 1.54) is 83.7 Å². The quantitative estimate of drug-likeness (QED) is 0.155. The van der Waals surface area contributed by atoms with E-state index in [2.05, 4.69) is 227 Å². The second-order valence-electron chi connectivity index (χ2n) is 19.3. The molecule has 11 aromatic rings. The summed E-state index contributed by atoms with van der Waals surface area (Å²) >= 11 is 0. The van der Waals surface area contributed by atoms with Gasteiger partial charge in [0.2, 0.25) is 0 Å². The van der Waals surface area contributed by atoms with Crippen LogP contribution in [-0.4, -0.2) is 13.4 Å². The summed E-state index contributed by atoms with van der Waals surface area (Å²) in [6.07, 6.45) is 0. The number of nitrogens with zero attached hydrogens (tertiary/aromatic N) is 3. The Balaban J connectivity index is 1.04. The van der Waals surface area contributed by atoms with Gasteiger partial charge in [0.15, 0.2) is 0 Å². The molecular formula is C64H43B2N3O2. The molecule has 332 valence electrons. The zero-order chi connectivity index (χ0) is 46.9. The van der Waals surface area contributed by atoms with Crippen LogP contribution in [0.15, 0.2) is 233 Å². The van der Waals surface area contributed by atoms with Gasteiger partial charge in [0.1, 0.15) is 23.0 Å². The first-order valence-corrected chi connectivity index (χ1v) is 24.6. The van der Waals surface area contributed by atoms with Crippen LogP contribution in [0.2, 0.25) is 0 Å². The van der Waals surface area contributed by atoms with Gasteiger partial charge in [0.05, 0.1) is 0 Å². The Morgan fingerprint density at radius 3 is 1.18 bits per heavy atom. The minimum atomic E-state index is -0.0607. The smallest absolute Gasteiger partial charge is 0.252 e. The van der Waals surface area contributed by atoms with Crippen molar-refractivity contribution in [3.05, 3.63) is 236 Å². The maximum Gasteiger partial charge on any atom is 0.252 e. The van der Waals surface area contributed by atoms with Gasteiger partial charge in [-0.05, 0) is 154 Å². The van der Waals surface area contributed by atoms with Crippen LogP contribution in [-0.2, 0) is 0 Å². The van der Waals surface area contributed by atoms with Crippen LogP contribution in [0.4, 0.5) is 51.2 Å². The van der Waals surface area contributed by atoms with Crippen LogP contribution in [0.25, 0.3) is 44.9 Å². The molecule has 0 bridgehead atoms. The highest BCUT2D eigenvalue weighted by Gasteiger charge is 2.50. The van der Waals surface area contributed by atoms with Gasteiger partial charge >= 0.3 is 0 Å². The summed E-state index contributed by atoms with van der Waals surface area (Å²) in [4.78, 5) is 7.61. The summed E-state index contributed by atoms with van der Waals surface area (Å²) in [7, 11) is 0. The predicted molar refractivity (Wildman–Crippen MR) is 296 cm³/mol. The van der Waals surface area contributed by atoms with E-state index in [1.807, 2.05) is 26.0 Å². The number of aryl methyl sites for hydroxylation is 2. The van der Waals surface area contributed by atoms with E-state index in [4.69, 9.17) is 8.83 Å². The summed E-state index contributed by atoms with van der Waals surface area (Å²) in [5, 5.41) is 0. The SMILES string of the molecule is Cc1ccc(-c2ccc(-c3cc4c5c(c3)B3c6ccccc6N(c6ccccc6)c6cc(-c7ccc(-c8ccc(C)o8)cc7)cc(c63)N5c3cccc5c3B4c3ccccc3N5c3ccccc3)cc2)o1. The summed E-state index contributed by atoms with van der Waals surface area (Å²) in [5.41, 5.74) is 25.3. The third kappa shape index (κ3) is 5.96. The average molecular weight is 908 g/mol. The average Bonchev–Trinajstić information content (AvgIpc) is 4.08. The van der Waals surface area contributed by atoms with Crippen molar-refractivity contribution in [1.82, 2.24) is 0 Å². The van der Waals surface area contributed by atoms with Gasteiger partial charge in [-0.15, -0.1) is 0 Å².